The average molecular weight is 477 g/mol. The predicted molar refractivity (Wildman–Crippen MR) is 130 cm³/mol. The lowest BCUT2D eigenvalue weighted by Gasteiger charge is -2.36. The first kappa shape index (κ1) is 21.9. The fourth-order valence-corrected chi connectivity index (χ4v) is 4.88. The van der Waals surface area contributed by atoms with E-state index in [1.165, 1.54) is 36.5 Å². The molecule has 0 saturated carbocycles. The molecule has 5 rings (SSSR count). The third-order valence-corrected chi connectivity index (χ3v) is 7.05. The summed E-state index contributed by atoms with van der Waals surface area (Å²) in [7, 11) is -3.78. The minimum atomic E-state index is -3.78. The molecule has 0 aliphatic carbocycles. The molecule has 174 valence electrons. The zero-order valence-electron chi connectivity index (χ0n) is 18.6. The molecular formula is C24H24N6O3S. The largest absolute Gasteiger partial charge is 0.449 e. The van der Waals surface area contributed by atoms with Crippen molar-refractivity contribution in [2.45, 2.75) is 11.8 Å². The third kappa shape index (κ3) is 4.72. The molecule has 0 spiro atoms. The van der Waals surface area contributed by atoms with Gasteiger partial charge in [-0.3, -0.25) is 4.72 Å². The second-order valence-electron chi connectivity index (χ2n) is 7.96. The number of para-hydroxylation sites is 1. The van der Waals surface area contributed by atoms with Crippen molar-refractivity contribution in [3.8, 4) is 11.3 Å². The van der Waals surface area contributed by atoms with Gasteiger partial charge < -0.3 is 14.2 Å². The van der Waals surface area contributed by atoms with Gasteiger partial charge in [-0.2, -0.15) is 0 Å². The van der Waals surface area contributed by atoms with Gasteiger partial charge in [0.1, 0.15) is 12.0 Å². The van der Waals surface area contributed by atoms with Gasteiger partial charge in [-0.15, -0.1) is 0 Å². The highest BCUT2D eigenvalue weighted by atomic mass is 32.2. The first-order chi connectivity index (χ1) is 16.5. The Bertz CT molecular complexity index is 1350. The minimum absolute atomic E-state index is 0.137. The van der Waals surface area contributed by atoms with Crippen molar-refractivity contribution in [3.05, 3.63) is 79.1 Å². The Labute approximate surface area is 198 Å². The van der Waals surface area contributed by atoms with E-state index in [2.05, 4.69) is 41.6 Å². The normalized spacial score (nSPS) is 14.3. The Morgan fingerprint density at radius 2 is 1.53 bits per heavy atom. The quantitative estimate of drug-likeness (QED) is 0.450. The maximum Gasteiger partial charge on any atom is 0.261 e. The van der Waals surface area contributed by atoms with E-state index in [9.17, 15) is 8.42 Å². The number of benzene rings is 2. The molecule has 1 saturated heterocycles. The van der Waals surface area contributed by atoms with Crippen LogP contribution in [0.15, 0.2) is 82.6 Å². The molecule has 1 N–H and O–H groups in total. The van der Waals surface area contributed by atoms with E-state index >= 15 is 0 Å². The summed E-state index contributed by atoms with van der Waals surface area (Å²) in [5.74, 6) is 1.14. The van der Waals surface area contributed by atoms with E-state index in [0.717, 1.165) is 31.7 Å². The molecule has 1 fully saturated rings. The monoisotopic (exact) mass is 476 g/mol. The molecule has 1 aliphatic rings. The highest BCUT2D eigenvalue weighted by Crippen LogP contribution is 2.23. The topological polar surface area (TPSA) is 104 Å². The summed E-state index contributed by atoms with van der Waals surface area (Å²) >= 11 is 0. The maximum absolute atomic E-state index is 12.8. The summed E-state index contributed by atoms with van der Waals surface area (Å²) < 4.78 is 33.3. The van der Waals surface area contributed by atoms with Crippen molar-refractivity contribution in [1.82, 2.24) is 15.0 Å². The molecule has 0 amide bonds. The highest BCUT2D eigenvalue weighted by molar-refractivity contribution is 7.92. The molecule has 9 nitrogen and oxygen atoms in total. The molecule has 34 heavy (non-hydrogen) atoms. The zero-order valence-corrected chi connectivity index (χ0v) is 19.4. The van der Waals surface area contributed by atoms with E-state index in [1.807, 2.05) is 18.2 Å². The summed E-state index contributed by atoms with van der Waals surface area (Å²) in [5.41, 5.74) is 2.94. The molecule has 0 radical (unpaired) electrons. The summed E-state index contributed by atoms with van der Waals surface area (Å²) in [6, 6.07) is 16.8. The number of oxazole rings is 1. The highest BCUT2D eigenvalue weighted by Gasteiger charge is 2.20. The zero-order chi connectivity index (χ0) is 23.5. The Kier molecular flexibility index (Phi) is 5.89. The lowest BCUT2D eigenvalue weighted by Crippen LogP contribution is -2.47. The van der Waals surface area contributed by atoms with Crippen molar-refractivity contribution in [3.63, 3.8) is 0 Å². The Morgan fingerprint density at radius 3 is 2.15 bits per heavy atom. The average Bonchev–Trinajstić information content (AvgIpc) is 3.31. The van der Waals surface area contributed by atoms with Crippen LogP contribution < -0.4 is 14.5 Å². The maximum atomic E-state index is 12.8. The van der Waals surface area contributed by atoms with Crippen molar-refractivity contribution in [2.24, 2.45) is 0 Å². The Hall–Kier alpha value is -3.92. The van der Waals surface area contributed by atoms with Gasteiger partial charge in [-0.1, -0.05) is 30.3 Å². The fourth-order valence-electron chi connectivity index (χ4n) is 3.86. The van der Waals surface area contributed by atoms with Crippen LogP contribution in [0, 0.1) is 6.92 Å². The second kappa shape index (κ2) is 9.14. The third-order valence-electron chi connectivity index (χ3n) is 5.65. The number of hydrogen-bond acceptors (Lipinski definition) is 8. The number of piperazine rings is 1. The van der Waals surface area contributed by atoms with E-state index in [4.69, 9.17) is 4.42 Å². The van der Waals surface area contributed by atoms with Gasteiger partial charge in [0.05, 0.1) is 23.0 Å². The number of anilines is 3. The Morgan fingerprint density at radius 1 is 0.882 bits per heavy atom. The summed E-state index contributed by atoms with van der Waals surface area (Å²) in [6.45, 7) is 5.07. The molecule has 4 aromatic rings. The molecule has 0 unspecified atom stereocenters. The van der Waals surface area contributed by atoms with Crippen LogP contribution in [0.4, 0.5) is 17.3 Å². The smallest absolute Gasteiger partial charge is 0.261 e. The summed E-state index contributed by atoms with van der Waals surface area (Å²) in [4.78, 5) is 17.6. The standard InChI is InChI=1S/C24H24N6O3S/c1-18-27-23(17-33-18)19-7-9-22(10-8-19)34(31,32)28-20-15-25-24(26-16-20)30-13-11-29(12-14-30)21-5-3-2-4-6-21/h2-10,15-17,28H,11-14H2,1H3. The van der Waals surface area contributed by atoms with E-state index in [1.54, 1.807) is 19.1 Å². The number of aromatic nitrogens is 3. The van der Waals surface area contributed by atoms with Crippen molar-refractivity contribution >= 4 is 27.3 Å². The van der Waals surface area contributed by atoms with E-state index < -0.39 is 10.0 Å². The van der Waals surface area contributed by atoms with Crippen LogP contribution in [0.5, 0.6) is 0 Å². The van der Waals surface area contributed by atoms with Gasteiger partial charge in [0.15, 0.2) is 5.89 Å². The molecule has 2 aromatic carbocycles. The first-order valence-corrected chi connectivity index (χ1v) is 12.4. The minimum Gasteiger partial charge on any atom is -0.449 e. The van der Waals surface area contributed by atoms with Gasteiger partial charge in [0.25, 0.3) is 10.0 Å². The van der Waals surface area contributed by atoms with Gasteiger partial charge in [0, 0.05) is 44.4 Å². The number of sulfonamides is 1. The van der Waals surface area contributed by atoms with Crippen LogP contribution in [-0.2, 0) is 10.0 Å². The molecule has 3 heterocycles. The van der Waals surface area contributed by atoms with E-state index in [-0.39, 0.29) is 4.90 Å². The van der Waals surface area contributed by atoms with Crippen molar-refractivity contribution in [1.29, 1.82) is 0 Å². The molecule has 10 heteroatoms. The molecule has 0 atom stereocenters. The summed E-state index contributed by atoms with van der Waals surface area (Å²) in [6.07, 6.45) is 4.53. The van der Waals surface area contributed by atoms with Crippen LogP contribution in [0.2, 0.25) is 0 Å². The van der Waals surface area contributed by atoms with Crippen molar-refractivity contribution < 1.29 is 12.8 Å². The summed E-state index contributed by atoms with van der Waals surface area (Å²) in [5, 5.41) is 0. The second-order valence-corrected chi connectivity index (χ2v) is 9.65. The van der Waals surface area contributed by atoms with E-state index in [0.29, 0.717) is 23.2 Å². The fraction of sp³-hybridized carbons (Fsp3) is 0.208. The predicted octanol–water partition coefficient (Wildman–Crippen LogP) is 3.57. The van der Waals surface area contributed by atoms with Gasteiger partial charge in [-0.25, -0.2) is 23.4 Å². The number of rotatable bonds is 6. The Balaban J connectivity index is 1.22. The van der Waals surface area contributed by atoms with Crippen LogP contribution in [0.25, 0.3) is 11.3 Å². The van der Waals surface area contributed by atoms with Crippen LogP contribution in [0.3, 0.4) is 0 Å². The molecular weight excluding hydrogens is 452 g/mol. The molecule has 2 aromatic heterocycles. The number of nitrogens with zero attached hydrogens (tertiary/aromatic N) is 5. The van der Waals surface area contributed by atoms with Crippen molar-refractivity contribution in [2.75, 3.05) is 40.7 Å². The number of hydrogen-bond donors (Lipinski definition) is 1. The lowest BCUT2D eigenvalue weighted by atomic mass is 10.2. The molecule has 1 aliphatic heterocycles. The number of aryl methyl sites for hydroxylation is 1. The first-order valence-electron chi connectivity index (χ1n) is 10.9. The lowest BCUT2D eigenvalue weighted by molar-refractivity contribution is 0.521. The van der Waals surface area contributed by atoms with Crippen LogP contribution in [-0.4, -0.2) is 49.5 Å². The van der Waals surface area contributed by atoms with Crippen LogP contribution >= 0.6 is 0 Å². The SMILES string of the molecule is Cc1nc(-c2ccc(S(=O)(=O)Nc3cnc(N4CCN(c5ccccc5)CC4)nc3)cc2)co1. The number of nitrogens with one attached hydrogen (secondary N) is 1. The van der Waals surface area contributed by atoms with Gasteiger partial charge in [-0.05, 0) is 24.3 Å². The van der Waals surface area contributed by atoms with Gasteiger partial charge in [0.2, 0.25) is 5.95 Å². The van der Waals surface area contributed by atoms with Gasteiger partial charge >= 0.3 is 0 Å². The molecule has 0 bridgehead atoms. The van der Waals surface area contributed by atoms with Crippen LogP contribution in [0.1, 0.15) is 5.89 Å².